The maximum atomic E-state index is 15.6. The summed E-state index contributed by atoms with van der Waals surface area (Å²) in [7, 11) is 1.58. The van der Waals surface area contributed by atoms with Crippen molar-refractivity contribution < 1.29 is 18.4 Å². The van der Waals surface area contributed by atoms with Crippen LogP contribution >= 0.6 is 11.6 Å². The van der Waals surface area contributed by atoms with Crippen LogP contribution in [0, 0.1) is 11.7 Å². The molecule has 1 aliphatic carbocycles. The Labute approximate surface area is 197 Å². The minimum atomic E-state index is -1.11. The number of nitrogens with zero attached hydrogens (tertiary/aromatic N) is 5. The molecule has 1 saturated carbocycles. The SMILES string of the molecule is CC(=O)N(C)C(C)c1c(F)c(Cl)c(-c2cn3cc(NC(=O)C4CC4F)nc3cn2)c2cn[nH]c12. The van der Waals surface area contributed by atoms with Gasteiger partial charge < -0.3 is 14.6 Å². The van der Waals surface area contributed by atoms with Crippen LogP contribution in [0.2, 0.25) is 5.02 Å². The van der Waals surface area contributed by atoms with Crippen LogP contribution in [0.4, 0.5) is 14.6 Å². The second kappa shape index (κ2) is 8.01. The van der Waals surface area contributed by atoms with Crippen LogP contribution in [0.25, 0.3) is 27.8 Å². The number of alkyl halides is 1. The van der Waals surface area contributed by atoms with E-state index in [4.69, 9.17) is 11.6 Å². The molecule has 1 fully saturated rings. The third-order valence-corrected chi connectivity index (χ3v) is 6.58. The number of hydrogen-bond donors (Lipinski definition) is 2. The number of amides is 2. The van der Waals surface area contributed by atoms with Gasteiger partial charge in [0.1, 0.15) is 12.0 Å². The molecule has 9 nitrogen and oxygen atoms in total. The fourth-order valence-corrected chi connectivity index (χ4v) is 4.29. The first-order valence-corrected chi connectivity index (χ1v) is 10.9. The van der Waals surface area contributed by atoms with Gasteiger partial charge in [-0.25, -0.2) is 13.8 Å². The smallest absolute Gasteiger partial charge is 0.231 e. The topological polar surface area (TPSA) is 108 Å². The number of aromatic amines is 1. The Kier molecular flexibility index (Phi) is 5.23. The quantitative estimate of drug-likeness (QED) is 0.444. The Morgan fingerprint density at radius 3 is 2.76 bits per heavy atom. The number of carbonyl (C=O) groups excluding carboxylic acids is 2. The Morgan fingerprint density at radius 1 is 1.35 bits per heavy atom. The molecule has 0 bridgehead atoms. The number of anilines is 1. The number of benzene rings is 1. The first kappa shape index (κ1) is 22.2. The molecule has 34 heavy (non-hydrogen) atoms. The number of hydrogen-bond acceptors (Lipinski definition) is 5. The Balaban J connectivity index is 1.58. The van der Waals surface area contributed by atoms with Gasteiger partial charge in [0.2, 0.25) is 11.8 Å². The van der Waals surface area contributed by atoms with Crippen molar-refractivity contribution in [2.45, 2.75) is 32.5 Å². The predicted octanol–water partition coefficient (Wildman–Crippen LogP) is 3.90. The first-order chi connectivity index (χ1) is 16.2. The molecule has 176 valence electrons. The number of imidazole rings is 1. The van der Waals surface area contributed by atoms with Crippen LogP contribution in [-0.2, 0) is 9.59 Å². The lowest BCUT2D eigenvalue weighted by atomic mass is 9.98. The van der Waals surface area contributed by atoms with E-state index in [0.717, 1.165) is 0 Å². The van der Waals surface area contributed by atoms with Crippen molar-refractivity contribution in [3.63, 3.8) is 0 Å². The number of fused-ring (bicyclic) bond motifs is 2. The van der Waals surface area contributed by atoms with Crippen molar-refractivity contribution in [3.05, 3.63) is 41.2 Å². The molecule has 12 heteroatoms. The standard InChI is InChI=1S/C22H20ClF2N7O2/c1-9(31(3)10(2)33)17-20(25)19(23)18(12-5-27-30-21(12)17)14-7-32-8-15(28-16(32)6-26-14)29-22(34)11-4-13(11)24/h5-9,11,13H,4H2,1-3H3,(H,27,30)(H,29,34). The van der Waals surface area contributed by atoms with Gasteiger partial charge in [0.15, 0.2) is 11.5 Å². The predicted molar refractivity (Wildman–Crippen MR) is 122 cm³/mol. The Hall–Kier alpha value is -3.60. The maximum Gasteiger partial charge on any atom is 0.231 e. The lowest BCUT2D eigenvalue weighted by Crippen LogP contribution is -2.28. The monoisotopic (exact) mass is 487 g/mol. The number of H-pyrrole nitrogens is 1. The zero-order chi connectivity index (χ0) is 24.3. The molecule has 1 aliphatic rings. The van der Waals surface area contributed by atoms with Crippen molar-refractivity contribution in [2.75, 3.05) is 12.4 Å². The van der Waals surface area contributed by atoms with Crippen molar-refractivity contribution in [2.24, 2.45) is 5.92 Å². The van der Waals surface area contributed by atoms with Crippen molar-refractivity contribution in [1.29, 1.82) is 0 Å². The summed E-state index contributed by atoms with van der Waals surface area (Å²) in [5.41, 5.74) is 1.73. The number of nitrogens with one attached hydrogen (secondary N) is 2. The minimum absolute atomic E-state index is 0.157. The van der Waals surface area contributed by atoms with Crippen LogP contribution in [-0.4, -0.2) is 54.5 Å². The van der Waals surface area contributed by atoms with Crippen LogP contribution in [0.5, 0.6) is 0 Å². The lowest BCUT2D eigenvalue weighted by molar-refractivity contribution is -0.129. The number of carbonyl (C=O) groups is 2. The Morgan fingerprint density at radius 2 is 2.09 bits per heavy atom. The molecule has 3 heterocycles. The van der Waals surface area contributed by atoms with Crippen LogP contribution in [0.1, 0.15) is 31.9 Å². The van der Waals surface area contributed by atoms with E-state index in [1.807, 2.05) is 0 Å². The number of halogens is 3. The van der Waals surface area contributed by atoms with Crippen molar-refractivity contribution >= 4 is 45.8 Å². The van der Waals surface area contributed by atoms with Gasteiger partial charge in [-0.15, -0.1) is 0 Å². The molecule has 0 radical (unpaired) electrons. The third kappa shape index (κ3) is 3.56. The van der Waals surface area contributed by atoms with E-state index in [1.54, 1.807) is 30.8 Å². The molecule has 2 amide bonds. The van der Waals surface area contributed by atoms with Gasteiger partial charge in [0.25, 0.3) is 0 Å². The normalized spacial score (nSPS) is 18.3. The van der Waals surface area contributed by atoms with Gasteiger partial charge in [0.05, 0.1) is 46.8 Å². The second-order valence-corrected chi connectivity index (χ2v) is 8.77. The molecule has 3 atom stereocenters. The molecule has 0 saturated heterocycles. The summed E-state index contributed by atoms with van der Waals surface area (Å²) >= 11 is 6.50. The highest BCUT2D eigenvalue weighted by molar-refractivity contribution is 6.35. The van der Waals surface area contributed by atoms with Gasteiger partial charge in [-0.3, -0.25) is 19.7 Å². The van der Waals surface area contributed by atoms with Gasteiger partial charge in [-0.05, 0) is 13.3 Å². The fraction of sp³-hybridized carbons (Fsp3) is 0.318. The molecule has 5 rings (SSSR count). The summed E-state index contributed by atoms with van der Waals surface area (Å²) in [6.45, 7) is 3.10. The number of aromatic nitrogens is 5. The summed E-state index contributed by atoms with van der Waals surface area (Å²) in [5, 5.41) is 9.85. The van der Waals surface area contributed by atoms with E-state index in [1.165, 1.54) is 24.2 Å². The molecular formula is C22H20ClF2N7O2. The van der Waals surface area contributed by atoms with Crippen molar-refractivity contribution in [3.8, 4) is 11.3 Å². The maximum absolute atomic E-state index is 15.6. The molecule has 2 N–H and O–H groups in total. The van der Waals surface area contributed by atoms with E-state index >= 15 is 4.39 Å². The van der Waals surface area contributed by atoms with Crippen LogP contribution in [0.3, 0.4) is 0 Å². The first-order valence-electron chi connectivity index (χ1n) is 10.5. The average Bonchev–Trinajstić information content (AvgIpc) is 3.17. The average molecular weight is 488 g/mol. The molecule has 0 spiro atoms. The van der Waals surface area contributed by atoms with E-state index in [0.29, 0.717) is 27.8 Å². The molecule has 1 aromatic carbocycles. The fourth-order valence-electron chi connectivity index (χ4n) is 3.99. The van der Waals surface area contributed by atoms with E-state index < -0.39 is 29.9 Å². The minimum Gasteiger partial charge on any atom is -0.339 e. The summed E-state index contributed by atoms with van der Waals surface area (Å²) in [4.78, 5) is 33.9. The summed E-state index contributed by atoms with van der Waals surface area (Å²) in [5.74, 6) is -1.71. The van der Waals surface area contributed by atoms with Crippen LogP contribution < -0.4 is 5.32 Å². The van der Waals surface area contributed by atoms with Gasteiger partial charge in [0, 0.05) is 36.7 Å². The zero-order valence-corrected chi connectivity index (χ0v) is 19.2. The third-order valence-electron chi connectivity index (χ3n) is 6.22. The summed E-state index contributed by atoms with van der Waals surface area (Å²) in [6.07, 6.45) is 5.25. The summed E-state index contributed by atoms with van der Waals surface area (Å²) < 4.78 is 30.3. The number of rotatable bonds is 5. The molecular weight excluding hydrogens is 468 g/mol. The molecule has 3 unspecified atom stereocenters. The lowest BCUT2D eigenvalue weighted by Gasteiger charge is -2.25. The summed E-state index contributed by atoms with van der Waals surface area (Å²) in [6, 6.07) is -0.599. The van der Waals surface area contributed by atoms with E-state index in [9.17, 15) is 14.0 Å². The molecule has 0 aliphatic heterocycles. The van der Waals surface area contributed by atoms with Gasteiger partial charge >= 0.3 is 0 Å². The second-order valence-electron chi connectivity index (χ2n) is 8.39. The van der Waals surface area contributed by atoms with Crippen molar-refractivity contribution in [1.82, 2.24) is 29.5 Å². The Bertz CT molecular complexity index is 1470. The van der Waals surface area contributed by atoms with Gasteiger partial charge in [-0.2, -0.15) is 5.10 Å². The highest BCUT2D eigenvalue weighted by Crippen LogP contribution is 2.41. The van der Waals surface area contributed by atoms with E-state index in [2.05, 4.69) is 25.5 Å². The molecule has 4 aromatic rings. The van der Waals surface area contributed by atoms with Crippen LogP contribution in [0.15, 0.2) is 24.8 Å². The molecule has 3 aromatic heterocycles. The van der Waals surface area contributed by atoms with E-state index in [-0.39, 0.29) is 28.7 Å². The van der Waals surface area contributed by atoms with Gasteiger partial charge in [-0.1, -0.05) is 11.6 Å². The largest absolute Gasteiger partial charge is 0.339 e. The highest BCUT2D eigenvalue weighted by Gasteiger charge is 2.43. The highest BCUT2D eigenvalue weighted by atomic mass is 35.5. The zero-order valence-electron chi connectivity index (χ0n) is 18.4.